The smallest absolute Gasteiger partial charge is 0.211 e. The molecule has 0 saturated carbocycles. The van der Waals surface area contributed by atoms with Crippen molar-refractivity contribution in [3.05, 3.63) is 17.3 Å². The Balaban J connectivity index is 3.04. The first kappa shape index (κ1) is 6.81. The van der Waals surface area contributed by atoms with Crippen molar-refractivity contribution in [1.29, 1.82) is 0 Å². The lowest BCUT2D eigenvalue weighted by Gasteiger charge is -1.94. The van der Waals surface area contributed by atoms with Gasteiger partial charge in [0.05, 0.1) is 12.5 Å². The van der Waals surface area contributed by atoms with Gasteiger partial charge in [-0.05, 0) is 12.2 Å². The van der Waals surface area contributed by atoms with Gasteiger partial charge in [-0.3, -0.25) is 0 Å². The van der Waals surface area contributed by atoms with E-state index in [9.17, 15) is 0 Å². The molecule has 0 aliphatic rings. The summed E-state index contributed by atoms with van der Waals surface area (Å²) in [5.41, 5.74) is 1.53. The highest BCUT2D eigenvalue weighted by molar-refractivity contribution is 7.79. The highest BCUT2D eigenvalue weighted by atomic mass is 32.1. The number of H-pyrrole nitrogens is 1. The minimum absolute atomic E-state index is 0.410. The van der Waals surface area contributed by atoms with Crippen LogP contribution in [0.15, 0.2) is 12.5 Å². The van der Waals surface area contributed by atoms with Crippen molar-refractivity contribution in [3.8, 4) is 0 Å². The van der Waals surface area contributed by atoms with Crippen LogP contribution in [0.4, 0.5) is 0 Å². The number of thiol groups is 1. The fraction of sp³-hybridized carbons (Fsp3) is 0. The van der Waals surface area contributed by atoms with Crippen molar-refractivity contribution in [3.63, 3.8) is 0 Å². The van der Waals surface area contributed by atoms with E-state index in [0.29, 0.717) is 10.4 Å². The Morgan fingerprint density at radius 3 is 3.18 bits per heavy atom. The minimum Gasteiger partial charge on any atom is -0.342 e. The van der Waals surface area contributed by atoms with Crippen molar-refractivity contribution < 1.29 is 0 Å². The van der Waals surface area contributed by atoms with E-state index in [2.05, 4.69) is 27.8 Å². The number of aromatic nitrogens is 4. The summed E-state index contributed by atoms with van der Waals surface area (Å²) in [7, 11) is 0. The molecule has 0 radical (unpaired) electrons. The van der Waals surface area contributed by atoms with E-state index in [4.69, 9.17) is 12.2 Å². The van der Waals surface area contributed by atoms with Crippen LogP contribution in [0.1, 0.15) is 0 Å². The Morgan fingerprint density at radius 1 is 1.55 bits per heavy atom. The molecule has 2 heterocycles. The average Bonchev–Trinajstić information content (AvgIpc) is 2.45. The van der Waals surface area contributed by atoms with Crippen LogP contribution in [0, 0.1) is 4.77 Å². The molecule has 0 aliphatic heterocycles. The van der Waals surface area contributed by atoms with Gasteiger partial charge < -0.3 is 4.98 Å². The summed E-state index contributed by atoms with van der Waals surface area (Å²) in [4.78, 5) is 10.8. The van der Waals surface area contributed by atoms with Crippen molar-refractivity contribution in [1.82, 2.24) is 18.9 Å². The number of rotatable bonds is 0. The second-order valence-corrected chi connectivity index (χ2v) is 2.76. The zero-order valence-corrected chi connectivity index (χ0v) is 7.06. The molecular formula is C5H4N4S2. The van der Waals surface area contributed by atoms with Crippen LogP contribution in [0.3, 0.4) is 0 Å². The van der Waals surface area contributed by atoms with Crippen molar-refractivity contribution in [2.75, 3.05) is 0 Å². The molecule has 2 rings (SSSR count). The van der Waals surface area contributed by atoms with Crippen LogP contribution in [0.5, 0.6) is 0 Å². The maximum atomic E-state index is 4.87. The number of aromatic amines is 1. The van der Waals surface area contributed by atoms with Gasteiger partial charge in [-0.25, -0.2) is 13.9 Å². The van der Waals surface area contributed by atoms with Crippen LogP contribution in [0.2, 0.25) is 0 Å². The molecule has 0 spiro atoms. The molecule has 0 amide bonds. The number of imidazole rings is 1. The molecule has 0 bridgehead atoms. The molecule has 0 fully saturated rings. The number of fused-ring (bicyclic) bond motifs is 1. The van der Waals surface area contributed by atoms with E-state index in [1.807, 2.05) is 0 Å². The first-order valence-corrected chi connectivity index (χ1v) is 3.70. The average molecular weight is 184 g/mol. The Kier molecular flexibility index (Phi) is 1.43. The van der Waals surface area contributed by atoms with Gasteiger partial charge >= 0.3 is 0 Å². The number of hydrogen-bond acceptors (Lipinski definition) is 4. The second kappa shape index (κ2) is 2.31. The highest BCUT2D eigenvalue weighted by Crippen LogP contribution is 2.07. The van der Waals surface area contributed by atoms with E-state index in [1.165, 1.54) is 3.97 Å². The van der Waals surface area contributed by atoms with Gasteiger partial charge in [-0.15, -0.1) is 0 Å². The van der Waals surface area contributed by atoms with E-state index in [-0.39, 0.29) is 0 Å². The summed E-state index contributed by atoms with van der Waals surface area (Å²) in [5.74, 6) is 0. The zero-order valence-electron chi connectivity index (χ0n) is 5.35. The minimum atomic E-state index is 0.410. The van der Waals surface area contributed by atoms with Gasteiger partial charge in [0, 0.05) is 0 Å². The lowest BCUT2D eigenvalue weighted by molar-refractivity contribution is 1.12. The first-order chi connectivity index (χ1) is 5.29. The molecular weight excluding hydrogens is 180 g/mol. The van der Waals surface area contributed by atoms with Gasteiger partial charge in [0.25, 0.3) is 0 Å². The largest absolute Gasteiger partial charge is 0.342 e. The molecule has 0 aromatic carbocycles. The third-order valence-corrected chi connectivity index (χ3v) is 2.14. The fourth-order valence-corrected chi connectivity index (χ4v) is 1.18. The molecule has 1 N–H and O–H groups in total. The molecule has 6 heteroatoms. The summed E-state index contributed by atoms with van der Waals surface area (Å²) in [6.45, 7) is 0. The number of nitrogens with one attached hydrogen (secondary N) is 1. The SMILES string of the molecule is S=c1ncc2[nH]cnc2n1S. The summed E-state index contributed by atoms with van der Waals surface area (Å²) >= 11 is 8.97. The molecule has 0 saturated heterocycles. The van der Waals surface area contributed by atoms with Gasteiger partial charge in [0.2, 0.25) is 4.77 Å². The summed E-state index contributed by atoms with van der Waals surface area (Å²) in [6, 6.07) is 0. The van der Waals surface area contributed by atoms with Crippen LogP contribution in [-0.2, 0) is 0 Å². The van der Waals surface area contributed by atoms with Crippen molar-refractivity contribution in [2.45, 2.75) is 0 Å². The van der Waals surface area contributed by atoms with E-state index < -0.39 is 0 Å². The van der Waals surface area contributed by atoms with E-state index in [1.54, 1.807) is 12.5 Å². The van der Waals surface area contributed by atoms with E-state index >= 15 is 0 Å². The topological polar surface area (TPSA) is 46.5 Å². The van der Waals surface area contributed by atoms with Gasteiger partial charge in [-0.1, -0.05) is 12.8 Å². The summed E-state index contributed by atoms with van der Waals surface area (Å²) < 4.78 is 1.87. The number of hydrogen-bond donors (Lipinski definition) is 2. The van der Waals surface area contributed by atoms with Crippen LogP contribution in [-0.4, -0.2) is 18.9 Å². The Hall–Kier alpha value is -0.880. The molecule has 56 valence electrons. The zero-order chi connectivity index (χ0) is 7.84. The molecule has 2 aromatic rings. The third kappa shape index (κ3) is 0.945. The van der Waals surface area contributed by atoms with E-state index in [0.717, 1.165) is 5.52 Å². The van der Waals surface area contributed by atoms with Crippen LogP contribution in [0.25, 0.3) is 11.2 Å². The Morgan fingerprint density at radius 2 is 2.36 bits per heavy atom. The van der Waals surface area contributed by atoms with Crippen molar-refractivity contribution in [2.24, 2.45) is 0 Å². The Bertz CT molecular complexity index is 443. The van der Waals surface area contributed by atoms with Crippen molar-refractivity contribution >= 4 is 36.2 Å². The molecule has 2 aromatic heterocycles. The maximum absolute atomic E-state index is 4.87. The molecule has 11 heavy (non-hydrogen) atoms. The molecule has 0 atom stereocenters. The predicted octanol–water partition coefficient (Wildman–Crippen LogP) is 1.18. The van der Waals surface area contributed by atoms with Crippen LogP contribution >= 0.6 is 25.0 Å². The normalized spacial score (nSPS) is 10.6. The Labute approximate surface area is 72.8 Å². The molecule has 0 unspecified atom stereocenters. The monoisotopic (exact) mass is 184 g/mol. The first-order valence-electron chi connectivity index (χ1n) is 2.89. The number of nitrogens with zero attached hydrogens (tertiary/aromatic N) is 3. The highest BCUT2D eigenvalue weighted by Gasteiger charge is 1.98. The molecule has 0 aliphatic carbocycles. The predicted molar refractivity (Wildman–Crippen MR) is 47.1 cm³/mol. The third-order valence-electron chi connectivity index (χ3n) is 1.33. The lowest BCUT2D eigenvalue weighted by Crippen LogP contribution is -1.90. The van der Waals surface area contributed by atoms with Crippen LogP contribution < -0.4 is 0 Å². The fourth-order valence-electron chi connectivity index (χ4n) is 0.826. The summed E-state index contributed by atoms with van der Waals surface area (Å²) in [6.07, 6.45) is 3.21. The standard InChI is InChI=1S/C5H4N4S2/c10-5-6-1-3-4(9(5)11)8-2-7-3/h1-2,11H,(H,7,8). The second-order valence-electron chi connectivity index (χ2n) is 1.99. The lowest BCUT2D eigenvalue weighted by atomic mass is 10.6. The van der Waals surface area contributed by atoms with Gasteiger partial charge in [0.15, 0.2) is 5.65 Å². The summed E-state index contributed by atoms with van der Waals surface area (Å²) in [5, 5.41) is 0. The van der Waals surface area contributed by atoms with Gasteiger partial charge in [-0.2, -0.15) is 0 Å². The quantitative estimate of drug-likeness (QED) is 0.477. The maximum Gasteiger partial charge on any atom is 0.211 e. The molecule has 4 nitrogen and oxygen atoms in total. The van der Waals surface area contributed by atoms with Gasteiger partial charge in [0.1, 0.15) is 5.52 Å².